The van der Waals surface area contributed by atoms with Gasteiger partial charge in [-0.05, 0) is 17.8 Å². The van der Waals surface area contributed by atoms with Gasteiger partial charge < -0.3 is 5.73 Å². The summed E-state index contributed by atoms with van der Waals surface area (Å²) in [7, 11) is 0. The fourth-order valence-corrected chi connectivity index (χ4v) is 2.21. The summed E-state index contributed by atoms with van der Waals surface area (Å²) in [6.45, 7) is 0. The minimum absolute atomic E-state index is 0.212. The van der Waals surface area contributed by atoms with Gasteiger partial charge in [-0.1, -0.05) is 0 Å². The van der Waals surface area contributed by atoms with Crippen LogP contribution in [0, 0.1) is 0 Å². The SMILES string of the molecule is NC1=NC(N)(Sc2ncccn2)N=C2N=CN=C12. The van der Waals surface area contributed by atoms with E-state index in [1.165, 1.54) is 6.34 Å². The number of nitrogens with two attached hydrogens (primary N) is 2. The number of rotatable bonds is 2. The minimum atomic E-state index is -1.30. The predicted octanol–water partition coefficient (Wildman–Crippen LogP) is -0.609. The molecule has 2 aliphatic heterocycles. The van der Waals surface area contributed by atoms with Crippen molar-refractivity contribution in [2.75, 3.05) is 0 Å². The lowest BCUT2D eigenvalue weighted by Gasteiger charge is -2.23. The maximum Gasteiger partial charge on any atom is 0.263 e. The van der Waals surface area contributed by atoms with Crippen molar-refractivity contribution in [2.24, 2.45) is 31.4 Å². The number of aliphatic imine (C=N–C) groups is 4. The van der Waals surface area contributed by atoms with Gasteiger partial charge in [0.15, 0.2) is 22.5 Å². The normalized spacial score (nSPS) is 25.3. The fourth-order valence-electron chi connectivity index (χ4n) is 1.44. The van der Waals surface area contributed by atoms with Crippen LogP contribution < -0.4 is 11.5 Å². The first-order valence-corrected chi connectivity index (χ1v) is 5.79. The summed E-state index contributed by atoms with van der Waals surface area (Å²) in [6.07, 6.45) is 4.59. The van der Waals surface area contributed by atoms with E-state index in [9.17, 15) is 0 Å². The smallest absolute Gasteiger partial charge is 0.263 e. The van der Waals surface area contributed by atoms with Crippen molar-refractivity contribution in [1.29, 1.82) is 0 Å². The molecule has 9 heteroatoms. The number of nitrogens with zero attached hydrogens (tertiary/aromatic N) is 6. The van der Waals surface area contributed by atoms with Gasteiger partial charge in [0.1, 0.15) is 6.34 Å². The molecule has 90 valence electrons. The van der Waals surface area contributed by atoms with E-state index in [0.717, 1.165) is 11.8 Å². The van der Waals surface area contributed by atoms with Crippen molar-refractivity contribution in [3.8, 4) is 0 Å². The Morgan fingerprint density at radius 3 is 2.72 bits per heavy atom. The lowest BCUT2D eigenvalue weighted by Crippen LogP contribution is -2.44. The molecule has 1 unspecified atom stereocenters. The standard InChI is InChI=1S/C9H8N8S/c10-6-5-7(15-4-14-5)17-9(11,16-6)18-8-12-2-1-3-13-8/h1-4H,11H2,(H2,10,16). The first kappa shape index (κ1) is 11.0. The van der Waals surface area contributed by atoms with E-state index in [0.29, 0.717) is 16.7 Å². The van der Waals surface area contributed by atoms with Gasteiger partial charge in [0.2, 0.25) is 0 Å². The van der Waals surface area contributed by atoms with Gasteiger partial charge in [0.25, 0.3) is 5.12 Å². The molecule has 3 rings (SSSR count). The van der Waals surface area contributed by atoms with Crippen molar-refractivity contribution in [3.63, 3.8) is 0 Å². The van der Waals surface area contributed by atoms with Gasteiger partial charge in [0, 0.05) is 12.4 Å². The molecular weight excluding hydrogens is 252 g/mol. The van der Waals surface area contributed by atoms with E-state index in [1.807, 2.05) is 0 Å². The topological polar surface area (TPSA) is 127 Å². The Labute approximate surface area is 106 Å². The average Bonchev–Trinajstić information content (AvgIpc) is 2.77. The van der Waals surface area contributed by atoms with Gasteiger partial charge >= 0.3 is 0 Å². The van der Waals surface area contributed by atoms with Crippen LogP contribution in [0.1, 0.15) is 0 Å². The van der Waals surface area contributed by atoms with Gasteiger partial charge in [-0.2, -0.15) is 0 Å². The summed E-state index contributed by atoms with van der Waals surface area (Å²) in [6, 6.07) is 1.71. The number of fused-ring (bicyclic) bond motifs is 1. The third-order valence-corrected chi connectivity index (χ3v) is 3.03. The fraction of sp³-hybridized carbons (Fsp3) is 0.111. The Kier molecular flexibility index (Phi) is 2.42. The highest BCUT2D eigenvalue weighted by atomic mass is 32.2. The highest BCUT2D eigenvalue weighted by Crippen LogP contribution is 2.30. The van der Waals surface area contributed by atoms with E-state index in [-0.39, 0.29) is 5.84 Å². The van der Waals surface area contributed by atoms with Gasteiger partial charge in [-0.3, -0.25) is 5.73 Å². The Hall–Kier alpha value is -2.13. The lowest BCUT2D eigenvalue weighted by molar-refractivity contribution is 0.677. The molecule has 0 saturated heterocycles. The minimum Gasteiger partial charge on any atom is -0.382 e. The van der Waals surface area contributed by atoms with E-state index in [1.54, 1.807) is 18.5 Å². The molecule has 18 heavy (non-hydrogen) atoms. The Balaban J connectivity index is 1.94. The number of hydrogen-bond donors (Lipinski definition) is 2. The zero-order chi connectivity index (χ0) is 12.6. The maximum atomic E-state index is 6.04. The molecule has 0 spiro atoms. The molecule has 1 atom stereocenters. The second-order valence-corrected chi connectivity index (χ2v) is 4.62. The Morgan fingerprint density at radius 1 is 1.17 bits per heavy atom. The summed E-state index contributed by atoms with van der Waals surface area (Å²) in [5, 5.41) is -0.843. The van der Waals surface area contributed by atoms with E-state index < -0.39 is 5.12 Å². The molecule has 0 bridgehead atoms. The zero-order valence-corrected chi connectivity index (χ0v) is 9.87. The first-order valence-electron chi connectivity index (χ1n) is 4.97. The highest BCUT2D eigenvalue weighted by Gasteiger charge is 2.35. The van der Waals surface area contributed by atoms with Crippen LogP contribution >= 0.6 is 11.8 Å². The third kappa shape index (κ3) is 1.89. The van der Waals surface area contributed by atoms with Crippen molar-refractivity contribution in [3.05, 3.63) is 18.5 Å². The summed E-state index contributed by atoms with van der Waals surface area (Å²) in [5.74, 6) is 0.594. The van der Waals surface area contributed by atoms with Crippen LogP contribution in [0.5, 0.6) is 0 Å². The van der Waals surface area contributed by atoms with Crippen LogP contribution in [-0.4, -0.2) is 38.8 Å². The average molecular weight is 260 g/mol. The monoisotopic (exact) mass is 260 g/mol. The van der Waals surface area contributed by atoms with Crippen LogP contribution in [0.4, 0.5) is 0 Å². The molecule has 2 aliphatic rings. The molecule has 4 N–H and O–H groups in total. The molecule has 0 radical (unpaired) electrons. The van der Waals surface area contributed by atoms with Crippen molar-refractivity contribution < 1.29 is 0 Å². The quantitative estimate of drug-likeness (QED) is 0.541. The molecule has 8 nitrogen and oxygen atoms in total. The van der Waals surface area contributed by atoms with Gasteiger partial charge in [-0.15, -0.1) is 0 Å². The number of amidine groups is 2. The van der Waals surface area contributed by atoms with E-state index in [4.69, 9.17) is 11.5 Å². The maximum absolute atomic E-state index is 6.04. The molecule has 0 amide bonds. The zero-order valence-electron chi connectivity index (χ0n) is 9.06. The predicted molar refractivity (Wildman–Crippen MR) is 69.8 cm³/mol. The van der Waals surface area contributed by atoms with Crippen LogP contribution in [0.3, 0.4) is 0 Å². The molecular formula is C9H8N8S. The Morgan fingerprint density at radius 2 is 1.94 bits per heavy atom. The van der Waals surface area contributed by atoms with Crippen LogP contribution in [0.2, 0.25) is 0 Å². The molecule has 0 fully saturated rings. The molecule has 0 aliphatic carbocycles. The third-order valence-electron chi connectivity index (χ3n) is 2.15. The Bertz CT molecular complexity index is 604. The number of hydrogen-bond acceptors (Lipinski definition) is 9. The van der Waals surface area contributed by atoms with Gasteiger partial charge in [0.05, 0.1) is 0 Å². The number of aromatic nitrogens is 2. The van der Waals surface area contributed by atoms with Crippen LogP contribution in [-0.2, 0) is 0 Å². The number of thioether (sulfide) groups is 1. The lowest BCUT2D eigenvalue weighted by atomic mass is 10.3. The summed E-state index contributed by atoms with van der Waals surface area (Å²) < 4.78 is 0. The van der Waals surface area contributed by atoms with Crippen molar-refractivity contribution >= 4 is 35.5 Å². The molecule has 3 heterocycles. The summed E-state index contributed by atoms with van der Waals surface area (Å²) in [4.78, 5) is 24.3. The summed E-state index contributed by atoms with van der Waals surface area (Å²) >= 11 is 1.09. The molecule has 1 aromatic rings. The van der Waals surface area contributed by atoms with Crippen molar-refractivity contribution in [1.82, 2.24) is 9.97 Å². The molecule has 0 aromatic carbocycles. The molecule has 0 saturated carbocycles. The summed E-state index contributed by atoms with van der Waals surface area (Å²) in [5.41, 5.74) is 12.3. The van der Waals surface area contributed by atoms with E-state index in [2.05, 4.69) is 29.9 Å². The van der Waals surface area contributed by atoms with Crippen molar-refractivity contribution in [2.45, 2.75) is 10.3 Å². The second-order valence-electron chi connectivity index (χ2n) is 3.45. The van der Waals surface area contributed by atoms with E-state index >= 15 is 0 Å². The largest absolute Gasteiger partial charge is 0.382 e. The molecule has 1 aromatic heterocycles. The second kappa shape index (κ2) is 3.96. The van der Waals surface area contributed by atoms with Gasteiger partial charge in [-0.25, -0.2) is 29.9 Å². The van der Waals surface area contributed by atoms with Crippen LogP contribution in [0.15, 0.2) is 43.6 Å². The van der Waals surface area contributed by atoms with Crippen LogP contribution in [0.25, 0.3) is 0 Å². The first-order chi connectivity index (χ1) is 8.66. The highest BCUT2D eigenvalue weighted by molar-refractivity contribution is 8.00.